The fourth-order valence-electron chi connectivity index (χ4n) is 1.89. The summed E-state index contributed by atoms with van der Waals surface area (Å²) in [5.74, 6) is -0.0440. The third kappa shape index (κ3) is 2.57. The molecule has 0 spiro atoms. The summed E-state index contributed by atoms with van der Waals surface area (Å²) < 4.78 is 0. The van der Waals surface area contributed by atoms with E-state index in [0.717, 1.165) is 13.0 Å². The molecule has 0 radical (unpaired) electrons. The molecule has 0 aromatic heterocycles. The SMILES string of the molecule is CC1(C(=O)Nc2c(Cl)cccc2Cl)CCNC1. The van der Waals surface area contributed by atoms with Gasteiger partial charge in [-0.3, -0.25) is 4.79 Å². The topological polar surface area (TPSA) is 41.1 Å². The van der Waals surface area contributed by atoms with Gasteiger partial charge in [0, 0.05) is 6.54 Å². The number of rotatable bonds is 2. The van der Waals surface area contributed by atoms with Gasteiger partial charge < -0.3 is 10.6 Å². The van der Waals surface area contributed by atoms with Gasteiger partial charge in [0.2, 0.25) is 5.91 Å². The van der Waals surface area contributed by atoms with Gasteiger partial charge in [-0.05, 0) is 32.0 Å². The van der Waals surface area contributed by atoms with E-state index in [4.69, 9.17) is 23.2 Å². The largest absolute Gasteiger partial charge is 0.323 e. The van der Waals surface area contributed by atoms with Crippen LogP contribution in [0.5, 0.6) is 0 Å². The summed E-state index contributed by atoms with van der Waals surface area (Å²) in [5.41, 5.74) is 0.108. The minimum Gasteiger partial charge on any atom is -0.323 e. The molecule has 92 valence electrons. The first-order chi connectivity index (χ1) is 8.03. The zero-order chi connectivity index (χ0) is 12.5. The van der Waals surface area contributed by atoms with E-state index in [2.05, 4.69) is 10.6 Å². The van der Waals surface area contributed by atoms with Crippen molar-refractivity contribution in [3.63, 3.8) is 0 Å². The van der Waals surface area contributed by atoms with Gasteiger partial charge in [0.25, 0.3) is 0 Å². The molecule has 2 N–H and O–H groups in total. The van der Waals surface area contributed by atoms with Crippen LogP contribution >= 0.6 is 23.2 Å². The number of halogens is 2. The Hall–Kier alpha value is -0.770. The average molecular weight is 273 g/mol. The summed E-state index contributed by atoms with van der Waals surface area (Å²) in [6.07, 6.45) is 0.820. The monoisotopic (exact) mass is 272 g/mol. The molecule has 1 aliphatic heterocycles. The van der Waals surface area contributed by atoms with Gasteiger partial charge >= 0.3 is 0 Å². The molecule has 3 nitrogen and oxygen atoms in total. The molecule has 1 aliphatic rings. The maximum atomic E-state index is 12.2. The van der Waals surface area contributed by atoms with Gasteiger partial charge in [-0.25, -0.2) is 0 Å². The van der Waals surface area contributed by atoms with Crippen molar-refractivity contribution in [3.8, 4) is 0 Å². The normalized spacial score (nSPS) is 23.7. The second-order valence-corrected chi connectivity index (χ2v) is 5.35. The number of anilines is 1. The number of nitrogens with one attached hydrogen (secondary N) is 2. The quantitative estimate of drug-likeness (QED) is 0.869. The minimum absolute atomic E-state index is 0.0440. The van der Waals surface area contributed by atoms with E-state index in [1.165, 1.54) is 0 Å². The van der Waals surface area contributed by atoms with Crippen LogP contribution in [0.25, 0.3) is 0 Å². The Kier molecular flexibility index (Phi) is 3.61. The number of hydrogen-bond donors (Lipinski definition) is 2. The maximum Gasteiger partial charge on any atom is 0.231 e. The van der Waals surface area contributed by atoms with Crippen molar-refractivity contribution in [2.75, 3.05) is 18.4 Å². The molecule has 2 rings (SSSR count). The Morgan fingerprint density at radius 2 is 2.06 bits per heavy atom. The van der Waals surface area contributed by atoms with E-state index in [9.17, 15) is 4.79 Å². The van der Waals surface area contributed by atoms with E-state index in [-0.39, 0.29) is 11.3 Å². The summed E-state index contributed by atoms with van der Waals surface area (Å²) in [5, 5.41) is 6.92. The highest BCUT2D eigenvalue weighted by atomic mass is 35.5. The number of para-hydroxylation sites is 1. The first-order valence-corrected chi connectivity index (χ1v) is 6.25. The highest BCUT2D eigenvalue weighted by Gasteiger charge is 2.36. The average Bonchev–Trinajstić information content (AvgIpc) is 2.72. The van der Waals surface area contributed by atoms with Crippen molar-refractivity contribution in [2.45, 2.75) is 13.3 Å². The Labute approximate surface area is 110 Å². The molecule has 1 fully saturated rings. The lowest BCUT2D eigenvalue weighted by molar-refractivity contribution is -0.123. The number of carbonyl (C=O) groups excluding carboxylic acids is 1. The Morgan fingerprint density at radius 1 is 1.41 bits per heavy atom. The van der Waals surface area contributed by atoms with Crippen LogP contribution < -0.4 is 10.6 Å². The summed E-state index contributed by atoms with van der Waals surface area (Å²) in [7, 11) is 0. The second-order valence-electron chi connectivity index (χ2n) is 4.54. The Bertz CT molecular complexity index is 422. The lowest BCUT2D eigenvalue weighted by Crippen LogP contribution is -2.35. The van der Waals surface area contributed by atoms with Crippen LogP contribution in [0, 0.1) is 5.41 Å². The fourth-order valence-corrected chi connectivity index (χ4v) is 2.38. The number of hydrogen-bond acceptors (Lipinski definition) is 2. The molecule has 1 amide bonds. The Morgan fingerprint density at radius 3 is 2.59 bits per heavy atom. The van der Waals surface area contributed by atoms with Crippen LogP contribution in [0.1, 0.15) is 13.3 Å². The molecule has 0 bridgehead atoms. The highest BCUT2D eigenvalue weighted by Crippen LogP contribution is 2.33. The molecule has 17 heavy (non-hydrogen) atoms. The highest BCUT2D eigenvalue weighted by molar-refractivity contribution is 6.39. The molecule has 1 atom stereocenters. The van der Waals surface area contributed by atoms with Crippen LogP contribution in [0.4, 0.5) is 5.69 Å². The zero-order valence-electron chi connectivity index (χ0n) is 9.52. The fraction of sp³-hybridized carbons (Fsp3) is 0.417. The lowest BCUT2D eigenvalue weighted by Gasteiger charge is -2.22. The van der Waals surface area contributed by atoms with Crippen LogP contribution in [-0.2, 0) is 4.79 Å². The van der Waals surface area contributed by atoms with Gasteiger partial charge in [0.15, 0.2) is 0 Å². The van der Waals surface area contributed by atoms with Gasteiger partial charge in [0.05, 0.1) is 21.1 Å². The lowest BCUT2D eigenvalue weighted by atomic mass is 9.89. The predicted molar refractivity (Wildman–Crippen MR) is 70.7 cm³/mol. The van der Waals surface area contributed by atoms with E-state index in [0.29, 0.717) is 22.3 Å². The van der Waals surface area contributed by atoms with Gasteiger partial charge in [-0.2, -0.15) is 0 Å². The number of amides is 1. The van der Waals surface area contributed by atoms with E-state index in [1.54, 1.807) is 18.2 Å². The van der Waals surface area contributed by atoms with Crippen molar-refractivity contribution >= 4 is 34.8 Å². The molecular formula is C12H14Cl2N2O. The van der Waals surface area contributed by atoms with E-state index < -0.39 is 0 Å². The summed E-state index contributed by atoms with van der Waals surface area (Å²) in [6.45, 7) is 3.48. The predicted octanol–water partition coefficient (Wildman–Crippen LogP) is 2.93. The third-order valence-electron chi connectivity index (χ3n) is 3.12. The van der Waals surface area contributed by atoms with Gasteiger partial charge in [-0.1, -0.05) is 29.3 Å². The summed E-state index contributed by atoms with van der Waals surface area (Å²) in [6, 6.07) is 5.16. The molecule has 1 saturated heterocycles. The molecule has 1 unspecified atom stereocenters. The second kappa shape index (κ2) is 4.84. The van der Waals surface area contributed by atoms with E-state index in [1.807, 2.05) is 6.92 Å². The first kappa shape index (κ1) is 12.7. The van der Waals surface area contributed by atoms with Crippen molar-refractivity contribution in [1.82, 2.24) is 5.32 Å². The minimum atomic E-state index is -0.386. The standard InChI is InChI=1S/C12H14Cl2N2O/c1-12(5-6-15-7-12)11(17)16-10-8(13)3-2-4-9(10)14/h2-4,15H,5-7H2,1H3,(H,16,17). The van der Waals surface area contributed by atoms with Crippen LogP contribution in [-0.4, -0.2) is 19.0 Å². The van der Waals surface area contributed by atoms with Crippen LogP contribution in [0.3, 0.4) is 0 Å². The number of carbonyl (C=O) groups is 1. The van der Waals surface area contributed by atoms with Gasteiger partial charge in [-0.15, -0.1) is 0 Å². The molecule has 1 aromatic carbocycles. The van der Waals surface area contributed by atoms with Crippen LogP contribution in [0.2, 0.25) is 10.0 Å². The molecule has 0 aliphatic carbocycles. The summed E-state index contributed by atoms with van der Waals surface area (Å²) in [4.78, 5) is 12.2. The third-order valence-corrected chi connectivity index (χ3v) is 3.75. The molecular weight excluding hydrogens is 259 g/mol. The van der Waals surface area contributed by atoms with Crippen molar-refractivity contribution < 1.29 is 4.79 Å². The first-order valence-electron chi connectivity index (χ1n) is 5.49. The maximum absolute atomic E-state index is 12.2. The summed E-state index contributed by atoms with van der Waals surface area (Å²) >= 11 is 12.0. The van der Waals surface area contributed by atoms with Crippen molar-refractivity contribution in [2.24, 2.45) is 5.41 Å². The molecule has 0 saturated carbocycles. The Balaban J connectivity index is 2.18. The molecule has 1 aromatic rings. The van der Waals surface area contributed by atoms with Crippen molar-refractivity contribution in [1.29, 1.82) is 0 Å². The van der Waals surface area contributed by atoms with Gasteiger partial charge in [0.1, 0.15) is 0 Å². The zero-order valence-corrected chi connectivity index (χ0v) is 11.0. The van der Waals surface area contributed by atoms with E-state index >= 15 is 0 Å². The molecule has 1 heterocycles. The smallest absolute Gasteiger partial charge is 0.231 e. The van der Waals surface area contributed by atoms with Crippen molar-refractivity contribution in [3.05, 3.63) is 28.2 Å². The van der Waals surface area contributed by atoms with Crippen LogP contribution in [0.15, 0.2) is 18.2 Å². The number of benzene rings is 1. The molecule has 5 heteroatoms.